The topological polar surface area (TPSA) is 98.7 Å². The van der Waals surface area contributed by atoms with Crippen molar-refractivity contribution in [3.63, 3.8) is 0 Å². The number of nitrogens with two attached hydrogens (primary N) is 1. The summed E-state index contributed by atoms with van der Waals surface area (Å²) in [6.07, 6.45) is 3.25. The van der Waals surface area contributed by atoms with Crippen LogP contribution < -0.4 is 11.2 Å². The number of pyridine rings is 1. The van der Waals surface area contributed by atoms with Crippen LogP contribution in [0.4, 0.5) is 14.5 Å². The third-order valence-electron chi connectivity index (χ3n) is 3.28. The Morgan fingerprint density at radius 1 is 1.22 bits per heavy atom. The van der Waals surface area contributed by atoms with Crippen molar-refractivity contribution in [2.75, 3.05) is 16.9 Å². The van der Waals surface area contributed by atoms with Gasteiger partial charge in [-0.3, -0.25) is 9.78 Å². The van der Waals surface area contributed by atoms with Crippen molar-refractivity contribution in [3.05, 3.63) is 48.8 Å². The van der Waals surface area contributed by atoms with Gasteiger partial charge in [0, 0.05) is 28.5 Å². The maximum atomic E-state index is 12.3. The number of rotatable bonds is 7. The SMILES string of the molecule is Nn1c(SCC(=O)Nc2ccc(SC(F)F)cc2)nnc1-c1cccnc1. The van der Waals surface area contributed by atoms with Crippen LogP contribution in [0.15, 0.2) is 58.8 Å². The molecule has 2 aromatic heterocycles. The molecule has 2 heterocycles. The Balaban J connectivity index is 1.56. The third-order valence-corrected chi connectivity index (χ3v) is 4.95. The number of aromatic nitrogens is 4. The number of nitrogens with zero attached hydrogens (tertiary/aromatic N) is 4. The van der Waals surface area contributed by atoms with E-state index in [1.807, 2.05) is 0 Å². The number of carbonyl (C=O) groups is 1. The standard InChI is InChI=1S/C16H14F2N6OS2/c17-15(18)27-12-5-3-11(4-6-12)21-13(25)9-26-16-23-22-14(24(16)19)10-2-1-7-20-8-10/h1-8,15H,9,19H2,(H,21,25). The molecular formula is C16H14F2N6OS2. The molecule has 3 aromatic rings. The van der Waals surface area contributed by atoms with Crippen molar-refractivity contribution in [3.8, 4) is 11.4 Å². The van der Waals surface area contributed by atoms with Crippen LogP contribution in [0.1, 0.15) is 0 Å². The van der Waals surface area contributed by atoms with E-state index in [9.17, 15) is 13.6 Å². The Labute approximate surface area is 161 Å². The summed E-state index contributed by atoms with van der Waals surface area (Å²) in [5.74, 6) is 3.73. The molecule has 11 heteroatoms. The van der Waals surface area contributed by atoms with Crippen molar-refractivity contribution < 1.29 is 13.6 Å². The number of benzene rings is 1. The van der Waals surface area contributed by atoms with E-state index in [2.05, 4.69) is 20.5 Å². The fraction of sp³-hybridized carbons (Fsp3) is 0.125. The summed E-state index contributed by atoms with van der Waals surface area (Å²) < 4.78 is 25.9. The summed E-state index contributed by atoms with van der Waals surface area (Å²) in [4.78, 5) is 16.5. The Morgan fingerprint density at radius 2 is 2.00 bits per heavy atom. The molecule has 1 amide bonds. The summed E-state index contributed by atoms with van der Waals surface area (Å²) in [6, 6.07) is 9.75. The van der Waals surface area contributed by atoms with E-state index in [1.165, 1.54) is 16.8 Å². The maximum absolute atomic E-state index is 12.3. The Hall–Kier alpha value is -2.66. The molecule has 0 unspecified atom stereocenters. The summed E-state index contributed by atoms with van der Waals surface area (Å²) in [5, 5.41) is 11.1. The highest BCUT2D eigenvalue weighted by atomic mass is 32.2. The molecule has 0 saturated heterocycles. The Kier molecular flexibility index (Phi) is 6.24. The van der Waals surface area contributed by atoms with E-state index in [0.29, 0.717) is 38.9 Å². The lowest BCUT2D eigenvalue weighted by Gasteiger charge is -2.06. The zero-order valence-corrected chi connectivity index (χ0v) is 15.4. The summed E-state index contributed by atoms with van der Waals surface area (Å²) in [7, 11) is 0. The minimum absolute atomic E-state index is 0.0654. The van der Waals surface area contributed by atoms with Gasteiger partial charge in [0.15, 0.2) is 5.82 Å². The average molecular weight is 408 g/mol. The molecule has 0 aliphatic rings. The lowest BCUT2D eigenvalue weighted by atomic mass is 10.3. The number of thioether (sulfide) groups is 2. The maximum Gasteiger partial charge on any atom is 0.288 e. The molecule has 0 radical (unpaired) electrons. The van der Waals surface area contributed by atoms with Gasteiger partial charge in [0.05, 0.1) is 5.75 Å². The van der Waals surface area contributed by atoms with Gasteiger partial charge in [-0.1, -0.05) is 23.5 Å². The molecule has 7 nitrogen and oxygen atoms in total. The van der Waals surface area contributed by atoms with Gasteiger partial charge in [-0.25, -0.2) is 4.68 Å². The zero-order valence-electron chi connectivity index (χ0n) is 13.8. The van der Waals surface area contributed by atoms with E-state index in [4.69, 9.17) is 5.84 Å². The first-order valence-electron chi connectivity index (χ1n) is 7.61. The monoisotopic (exact) mass is 408 g/mol. The average Bonchev–Trinajstić information content (AvgIpc) is 3.02. The van der Waals surface area contributed by atoms with Crippen LogP contribution in [0.25, 0.3) is 11.4 Å². The number of anilines is 1. The van der Waals surface area contributed by atoms with Crippen LogP contribution in [-0.4, -0.2) is 37.3 Å². The van der Waals surface area contributed by atoms with E-state index < -0.39 is 5.76 Å². The number of nitrogen functional groups attached to an aromatic ring is 1. The lowest BCUT2D eigenvalue weighted by Crippen LogP contribution is -2.16. The molecule has 0 atom stereocenters. The number of amides is 1. The van der Waals surface area contributed by atoms with Crippen molar-refractivity contribution >= 4 is 35.1 Å². The van der Waals surface area contributed by atoms with E-state index >= 15 is 0 Å². The number of hydrogen-bond acceptors (Lipinski definition) is 7. The molecule has 0 spiro atoms. The van der Waals surface area contributed by atoms with Gasteiger partial charge >= 0.3 is 0 Å². The predicted molar refractivity (Wildman–Crippen MR) is 101 cm³/mol. The molecule has 1 aromatic carbocycles. The number of halogens is 2. The van der Waals surface area contributed by atoms with Gasteiger partial charge in [-0.2, -0.15) is 8.78 Å². The first-order chi connectivity index (χ1) is 13.0. The number of carbonyl (C=O) groups excluding carboxylic acids is 1. The molecule has 140 valence electrons. The molecule has 3 rings (SSSR count). The summed E-state index contributed by atoms with van der Waals surface area (Å²) in [5.41, 5.74) is 1.23. The largest absolute Gasteiger partial charge is 0.335 e. The van der Waals surface area contributed by atoms with Crippen LogP contribution in [-0.2, 0) is 4.79 Å². The van der Waals surface area contributed by atoms with E-state index in [0.717, 1.165) is 11.8 Å². The van der Waals surface area contributed by atoms with Crippen molar-refractivity contribution in [1.29, 1.82) is 0 Å². The summed E-state index contributed by atoms with van der Waals surface area (Å²) in [6.45, 7) is 0. The number of hydrogen-bond donors (Lipinski definition) is 2. The van der Waals surface area contributed by atoms with Gasteiger partial charge in [-0.15, -0.1) is 10.2 Å². The van der Waals surface area contributed by atoms with Crippen LogP contribution in [0.3, 0.4) is 0 Å². The lowest BCUT2D eigenvalue weighted by molar-refractivity contribution is -0.113. The van der Waals surface area contributed by atoms with Crippen molar-refractivity contribution in [2.24, 2.45) is 0 Å². The quantitative estimate of drug-likeness (QED) is 0.458. The van der Waals surface area contributed by atoms with Crippen molar-refractivity contribution in [2.45, 2.75) is 15.8 Å². The number of nitrogens with one attached hydrogen (secondary N) is 1. The van der Waals surface area contributed by atoms with Crippen LogP contribution in [0.5, 0.6) is 0 Å². The molecule has 27 heavy (non-hydrogen) atoms. The zero-order chi connectivity index (χ0) is 19.2. The normalized spacial score (nSPS) is 10.9. The minimum Gasteiger partial charge on any atom is -0.335 e. The molecule has 0 aliphatic carbocycles. The smallest absolute Gasteiger partial charge is 0.288 e. The second-order valence-corrected chi connectivity index (χ2v) is 7.16. The van der Waals surface area contributed by atoms with Gasteiger partial charge < -0.3 is 11.2 Å². The highest BCUT2D eigenvalue weighted by molar-refractivity contribution is 8.00. The fourth-order valence-electron chi connectivity index (χ4n) is 2.11. The van der Waals surface area contributed by atoms with Gasteiger partial charge in [-0.05, 0) is 36.4 Å². The van der Waals surface area contributed by atoms with Gasteiger partial charge in [0.25, 0.3) is 5.76 Å². The van der Waals surface area contributed by atoms with Crippen LogP contribution in [0, 0.1) is 0 Å². The first kappa shape index (κ1) is 19.1. The first-order valence-corrected chi connectivity index (χ1v) is 9.48. The summed E-state index contributed by atoms with van der Waals surface area (Å²) >= 11 is 1.58. The van der Waals surface area contributed by atoms with E-state index in [1.54, 1.807) is 36.7 Å². The predicted octanol–water partition coefficient (Wildman–Crippen LogP) is 3.10. The van der Waals surface area contributed by atoms with E-state index in [-0.39, 0.29) is 11.7 Å². The Bertz CT molecular complexity index is 905. The fourth-order valence-corrected chi connectivity index (χ4v) is 3.27. The van der Waals surface area contributed by atoms with Crippen LogP contribution in [0.2, 0.25) is 0 Å². The second-order valence-electron chi connectivity index (χ2n) is 5.16. The molecule has 0 aliphatic heterocycles. The van der Waals surface area contributed by atoms with Crippen molar-refractivity contribution in [1.82, 2.24) is 19.9 Å². The molecule has 0 fully saturated rings. The number of alkyl halides is 2. The van der Waals surface area contributed by atoms with Gasteiger partial charge in [0.1, 0.15) is 0 Å². The highest BCUT2D eigenvalue weighted by Gasteiger charge is 2.14. The molecule has 3 N–H and O–H groups in total. The minimum atomic E-state index is -2.48. The third kappa shape index (κ3) is 5.17. The van der Waals surface area contributed by atoms with Crippen LogP contribution >= 0.6 is 23.5 Å². The molecule has 0 saturated carbocycles. The highest BCUT2D eigenvalue weighted by Crippen LogP contribution is 2.26. The van der Waals surface area contributed by atoms with Gasteiger partial charge in [0.2, 0.25) is 11.1 Å². The molecule has 0 bridgehead atoms. The molecular weight excluding hydrogens is 394 g/mol. The second kappa shape index (κ2) is 8.82. The Morgan fingerprint density at radius 3 is 2.67 bits per heavy atom.